The van der Waals surface area contributed by atoms with Crippen molar-refractivity contribution in [2.24, 2.45) is 0 Å². The van der Waals surface area contributed by atoms with E-state index < -0.39 is 0 Å². The Kier molecular flexibility index (Phi) is 8.09. The highest BCUT2D eigenvalue weighted by molar-refractivity contribution is 14.1. The van der Waals surface area contributed by atoms with Crippen LogP contribution in [-0.4, -0.2) is 23.1 Å². The molecule has 0 saturated heterocycles. The quantitative estimate of drug-likeness (QED) is 0.339. The number of hydrogen-bond donors (Lipinski definition) is 1. The van der Waals surface area contributed by atoms with Gasteiger partial charge in [0.15, 0.2) is 0 Å². The number of thioether (sulfide) groups is 1. The zero-order valence-electron chi connectivity index (χ0n) is 4.41. The van der Waals surface area contributed by atoms with Crippen LogP contribution in [-0.2, 0) is 0 Å². The van der Waals surface area contributed by atoms with Gasteiger partial charge >= 0.3 is 0 Å². The van der Waals surface area contributed by atoms with E-state index >= 15 is 0 Å². The van der Waals surface area contributed by atoms with Gasteiger partial charge in [0.25, 0.3) is 0 Å². The van der Waals surface area contributed by atoms with Gasteiger partial charge in [-0.3, -0.25) is 0 Å². The molecular weight excluding hydrogens is 221 g/mol. The molecule has 0 bridgehead atoms. The highest BCUT2D eigenvalue weighted by Crippen LogP contribution is 1.86. The molecule has 0 aromatic carbocycles. The monoisotopic (exact) mass is 231 g/mol. The van der Waals surface area contributed by atoms with E-state index in [1.165, 1.54) is 5.75 Å². The van der Waals surface area contributed by atoms with E-state index in [0.29, 0.717) is 0 Å². The van der Waals surface area contributed by atoms with Crippen molar-refractivity contribution in [1.29, 1.82) is 0 Å². The normalized spacial score (nSPS) is 9.43. The SMILES string of the molecule is CSCCNCI. The molecule has 1 nitrogen and oxygen atoms in total. The zero-order chi connectivity index (χ0) is 5.54. The van der Waals surface area contributed by atoms with Gasteiger partial charge in [-0.2, -0.15) is 11.8 Å². The molecule has 0 amide bonds. The highest BCUT2D eigenvalue weighted by atomic mass is 127. The number of alkyl halides is 1. The first kappa shape index (κ1) is 8.04. The molecule has 0 aromatic rings. The molecule has 0 rings (SSSR count). The minimum atomic E-state index is 1.07. The fourth-order valence-corrected chi connectivity index (χ4v) is 0.971. The lowest BCUT2D eigenvalue weighted by atomic mass is 10.8. The van der Waals surface area contributed by atoms with Crippen LogP contribution >= 0.6 is 34.4 Å². The maximum atomic E-state index is 3.22. The van der Waals surface area contributed by atoms with E-state index in [1.54, 1.807) is 0 Å². The smallest absolute Gasteiger partial charge is 0.0480 e. The van der Waals surface area contributed by atoms with E-state index in [9.17, 15) is 0 Å². The lowest BCUT2D eigenvalue weighted by Crippen LogP contribution is -2.13. The molecule has 0 aromatic heterocycles. The lowest BCUT2D eigenvalue weighted by Gasteiger charge is -1.94. The maximum absolute atomic E-state index is 3.22. The Hall–Kier alpha value is 1.04. The van der Waals surface area contributed by atoms with Crippen LogP contribution in [0.5, 0.6) is 0 Å². The van der Waals surface area contributed by atoms with Crippen LogP contribution in [0.25, 0.3) is 0 Å². The van der Waals surface area contributed by atoms with Crippen LogP contribution in [0.1, 0.15) is 0 Å². The third-order valence-corrected chi connectivity index (χ3v) is 1.73. The largest absolute Gasteiger partial charge is 0.307 e. The van der Waals surface area contributed by atoms with Gasteiger partial charge in [0.05, 0.1) is 0 Å². The van der Waals surface area contributed by atoms with E-state index in [-0.39, 0.29) is 0 Å². The van der Waals surface area contributed by atoms with Crippen molar-refractivity contribution >= 4 is 34.4 Å². The van der Waals surface area contributed by atoms with Crippen molar-refractivity contribution < 1.29 is 0 Å². The number of halogens is 1. The van der Waals surface area contributed by atoms with Crippen LogP contribution in [0.15, 0.2) is 0 Å². The van der Waals surface area contributed by atoms with E-state index in [1.807, 2.05) is 11.8 Å². The van der Waals surface area contributed by atoms with Crippen LogP contribution in [0, 0.1) is 0 Å². The molecule has 0 radical (unpaired) electrons. The first-order valence-corrected chi connectivity index (χ1v) is 5.09. The summed E-state index contributed by atoms with van der Waals surface area (Å²) >= 11 is 4.18. The predicted molar refractivity (Wildman–Crippen MR) is 45.3 cm³/mol. The Labute approximate surface area is 62.8 Å². The summed E-state index contributed by atoms with van der Waals surface area (Å²) in [6.45, 7) is 1.14. The van der Waals surface area contributed by atoms with E-state index in [4.69, 9.17) is 0 Å². The van der Waals surface area contributed by atoms with E-state index in [2.05, 4.69) is 34.2 Å². The van der Waals surface area contributed by atoms with Crippen LogP contribution in [0.3, 0.4) is 0 Å². The molecule has 0 unspecified atom stereocenters. The fraction of sp³-hybridized carbons (Fsp3) is 1.00. The standard InChI is InChI=1S/C4H10INS/c1-7-3-2-6-4-5/h6H,2-4H2,1H3. The van der Waals surface area contributed by atoms with Crippen molar-refractivity contribution in [2.45, 2.75) is 0 Å². The molecule has 0 aliphatic carbocycles. The molecule has 1 N–H and O–H groups in total. The summed E-state index contributed by atoms with van der Waals surface area (Å²) in [6, 6.07) is 0. The van der Waals surface area contributed by atoms with Crippen LogP contribution in [0.4, 0.5) is 0 Å². The number of hydrogen-bond acceptors (Lipinski definition) is 2. The van der Waals surface area contributed by atoms with Gasteiger partial charge in [0.2, 0.25) is 0 Å². The summed E-state index contributed by atoms with van der Waals surface area (Å²) in [7, 11) is 0. The first-order chi connectivity index (χ1) is 3.41. The summed E-state index contributed by atoms with van der Waals surface area (Å²) in [5.74, 6) is 1.23. The lowest BCUT2D eigenvalue weighted by molar-refractivity contribution is 0.862. The van der Waals surface area contributed by atoms with Crippen LogP contribution in [0.2, 0.25) is 0 Å². The van der Waals surface area contributed by atoms with Gasteiger partial charge < -0.3 is 5.32 Å². The van der Waals surface area contributed by atoms with Gasteiger partial charge in [-0.05, 0) is 6.26 Å². The zero-order valence-corrected chi connectivity index (χ0v) is 7.38. The molecule has 0 fully saturated rings. The van der Waals surface area contributed by atoms with Crippen molar-refractivity contribution in [3.8, 4) is 0 Å². The first-order valence-electron chi connectivity index (χ1n) is 2.17. The Morgan fingerprint density at radius 2 is 2.43 bits per heavy atom. The second-order valence-electron chi connectivity index (χ2n) is 1.13. The molecule has 0 saturated carbocycles. The second kappa shape index (κ2) is 7.04. The molecule has 0 atom stereocenters. The van der Waals surface area contributed by atoms with Crippen molar-refractivity contribution in [2.75, 3.05) is 23.1 Å². The third kappa shape index (κ3) is 7.04. The van der Waals surface area contributed by atoms with Crippen LogP contribution < -0.4 is 5.32 Å². The van der Waals surface area contributed by atoms with Crippen molar-refractivity contribution in [1.82, 2.24) is 5.32 Å². The Balaban J connectivity index is 2.45. The summed E-state index contributed by atoms with van der Waals surface area (Å²) < 4.78 is 1.07. The number of nitrogens with one attached hydrogen (secondary N) is 1. The topological polar surface area (TPSA) is 12.0 Å². The Morgan fingerprint density at radius 3 is 2.86 bits per heavy atom. The summed E-state index contributed by atoms with van der Waals surface area (Å²) in [5.41, 5.74) is 0. The van der Waals surface area contributed by atoms with Gasteiger partial charge in [-0.25, -0.2) is 0 Å². The minimum absolute atomic E-state index is 1.07. The molecule has 0 spiro atoms. The molecule has 44 valence electrons. The third-order valence-electron chi connectivity index (χ3n) is 0.577. The molecule has 0 aliphatic rings. The highest BCUT2D eigenvalue weighted by Gasteiger charge is 1.78. The molecule has 0 heterocycles. The molecule has 0 aliphatic heterocycles. The average Bonchev–Trinajstić information content (AvgIpc) is 1.69. The van der Waals surface area contributed by atoms with Gasteiger partial charge in [0.1, 0.15) is 0 Å². The predicted octanol–water partition coefficient (Wildman–Crippen LogP) is 1.33. The Morgan fingerprint density at radius 1 is 1.71 bits per heavy atom. The summed E-state index contributed by atoms with van der Waals surface area (Å²) in [6.07, 6.45) is 2.12. The Bertz CT molecular complexity index is 30.9. The van der Waals surface area contributed by atoms with Gasteiger partial charge in [0, 0.05) is 16.8 Å². The van der Waals surface area contributed by atoms with Gasteiger partial charge in [-0.15, -0.1) is 0 Å². The summed E-state index contributed by atoms with van der Waals surface area (Å²) in [4.78, 5) is 0. The van der Waals surface area contributed by atoms with Gasteiger partial charge in [-0.1, -0.05) is 22.6 Å². The molecule has 7 heavy (non-hydrogen) atoms. The van der Waals surface area contributed by atoms with Crippen molar-refractivity contribution in [3.05, 3.63) is 0 Å². The number of rotatable bonds is 4. The summed E-state index contributed by atoms with van der Waals surface area (Å²) in [5, 5.41) is 3.22. The maximum Gasteiger partial charge on any atom is 0.0480 e. The molecular formula is C4H10INS. The van der Waals surface area contributed by atoms with E-state index in [0.717, 1.165) is 11.1 Å². The fourth-order valence-electron chi connectivity index (χ4n) is 0.241. The molecule has 3 heteroatoms. The van der Waals surface area contributed by atoms with Crippen molar-refractivity contribution in [3.63, 3.8) is 0 Å². The minimum Gasteiger partial charge on any atom is -0.307 e. The average molecular weight is 231 g/mol. The second-order valence-corrected chi connectivity index (χ2v) is 2.87.